The molecule has 224 valence electrons. The van der Waals surface area contributed by atoms with Gasteiger partial charge in [-0.2, -0.15) is 0 Å². The van der Waals surface area contributed by atoms with Gasteiger partial charge in [0.25, 0.3) is 0 Å². The molecule has 0 aliphatic carbocycles. The van der Waals surface area contributed by atoms with Crippen molar-refractivity contribution in [3.05, 3.63) is 59.2 Å². The first-order valence-corrected chi connectivity index (χ1v) is 14.6. The van der Waals surface area contributed by atoms with Crippen molar-refractivity contribution in [2.75, 3.05) is 27.4 Å². The molecule has 0 saturated carbocycles. The van der Waals surface area contributed by atoms with E-state index in [-0.39, 0.29) is 23.7 Å². The van der Waals surface area contributed by atoms with E-state index >= 15 is 0 Å². The molecule has 4 unspecified atom stereocenters. The molecule has 0 heterocycles. The van der Waals surface area contributed by atoms with Gasteiger partial charge in [-0.1, -0.05) is 63.6 Å². The van der Waals surface area contributed by atoms with Gasteiger partial charge in [-0.05, 0) is 67.2 Å². The molecule has 0 spiro atoms. The van der Waals surface area contributed by atoms with Gasteiger partial charge >= 0.3 is 0 Å². The van der Waals surface area contributed by atoms with Crippen molar-refractivity contribution in [1.29, 1.82) is 0 Å². The number of ether oxygens (including phenoxy) is 3. The van der Waals surface area contributed by atoms with Crippen molar-refractivity contribution in [3.63, 3.8) is 0 Å². The summed E-state index contributed by atoms with van der Waals surface area (Å²) in [5.74, 6) is 1.77. The van der Waals surface area contributed by atoms with Gasteiger partial charge in [-0.3, -0.25) is 4.79 Å². The van der Waals surface area contributed by atoms with Gasteiger partial charge in [-0.15, -0.1) is 0 Å². The fraction of sp³-hybridized carbons (Fsp3) is 0.606. The lowest BCUT2D eigenvalue weighted by Crippen LogP contribution is -2.42. The van der Waals surface area contributed by atoms with E-state index in [1.165, 1.54) is 0 Å². The number of nitrogens with two attached hydrogens (primary N) is 1. The number of aliphatic hydroxyl groups excluding tert-OH is 1. The second-order valence-corrected chi connectivity index (χ2v) is 11.6. The lowest BCUT2D eigenvalue weighted by atomic mass is 9.81. The fourth-order valence-corrected chi connectivity index (χ4v) is 5.01. The largest absolute Gasteiger partial charge is 0.493 e. The fourth-order valence-electron chi connectivity index (χ4n) is 5.01. The molecule has 0 fully saturated rings. The minimum absolute atomic E-state index is 0.0422. The van der Waals surface area contributed by atoms with Gasteiger partial charge in [-0.25, -0.2) is 0 Å². The topological polar surface area (TPSA) is 103 Å². The summed E-state index contributed by atoms with van der Waals surface area (Å²) in [5.41, 5.74) is 9.93. The van der Waals surface area contributed by atoms with Gasteiger partial charge in [0.2, 0.25) is 5.91 Å². The number of methoxy groups -OCH3 is 2. The van der Waals surface area contributed by atoms with Crippen LogP contribution < -0.4 is 20.5 Å². The number of aliphatic hydroxyl groups is 1. The molecule has 2 rings (SSSR count). The van der Waals surface area contributed by atoms with Gasteiger partial charge in [0.05, 0.1) is 19.8 Å². The van der Waals surface area contributed by atoms with E-state index in [1.807, 2.05) is 51.1 Å². The van der Waals surface area contributed by atoms with Crippen molar-refractivity contribution in [3.8, 4) is 11.5 Å². The number of aryl methyl sites for hydroxylation is 1. The monoisotopic (exact) mass is 556 g/mol. The lowest BCUT2D eigenvalue weighted by molar-refractivity contribution is -0.127. The standard InChI is InChI=1S/C33H52N2O5/c1-22(2)27(17-25-12-13-31(39-7)32(18-25)40-15-9-14-38-6)19-29(34)30(36)20-28(23(3)4)33(37)35-21-26-11-8-10-24(5)16-26/h8,10-13,16,18,22-23,27-30,36H,9,14-15,17,19-21,34H2,1-7H3,(H,35,37). The van der Waals surface area contributed by atoms with E-state index in [0.29, 0.717) is 44.3 Å². The Morgan fingerprint density at radius 1 is 0.950 bits per heavy atom. The molecule has 7 nitrogen and oxygen atoms in total. The van der Waals surface area contributed by atoms with Crippen molar-refractivity contribution >= 4 is 5.91 Å². The molecule has 1 amide bonds. The average molecular weight is 557 g/mol. The van der Waals surface area contributed by atoms with Crippen LogP contribution in [0.3, 0.4) is 0 Å². The molecule has 0 aliphatic rings. The SMILES string of the molecule is COCCCOc1cc(CC(CC(N)C(O)CC(C(=O)NCc2cccc(C)c2)C(C)C)C(C)C)ccc1OC. The molecule has 0 aliphatic heterocycles. The summed E-state index contributed by atoms with van der Waals surface area (Å²) in [6.07, 6.45) is 1.83. The Labute approximate surface area is 241 Å². The number of nitrogens with one attached hydrogen (secondary N) is 1. The van der Waals surface area contributed by atoms with Crippen LogP contribution in [0.4, 0.5) is 0 Å². The van der Waals surface area contributed by atoms with Crippen LogP contribution >= 0.6 is 0 Å². The molecule has 2 aromatic rings. The zero-order chi connectivity index (χ0) is 29.7. The maximum atomic E-state index is 13.1. The molecule has 0 aromatic heterocycles. The maximum Gasteiger partial charge on any atom is 0.223 e. The third kappa shape index (κ3) is 11.1. The number of carbonyl (C=O) groups excluding carboxylic acids is 1. The number of amides is 1. The Bertz CT molecular complexity index is 1030. The van der Waals surface area contributed by atoms with E-state index in [9.17, 15) is 9.90 Å². The minimum atomic E-state index is -0.770. The molecule has 4 N–H and O–H groups in total. The number of benzene rings is 2. The van der Waals surface area contributed by atoms with Crippen molar-refractivity contribution in [2.24, 2.45) is 29.4 Å². The van der Waals surface area contributed by atoms with E-state index in [2.05, 4.69) is 31.3 Å². The summed E-state index contributed by atoms with van der Waals surface area (Å²) in [6, 6.07) is 13.7. The molecule has 4 atom stereocenters. The third-order valence-electron chi connectivity index (χ3n) is 7.67. The summed E-state index contributed by atoms with van der Waals surface area (Å²) < 4.78 is 16.6. The first-order valence-electron chi connectivity index (χ1n) is 14.6. The molecule has 0 radical (unpaired) electrons. The number of hydrogen-bond donors (Lipinski definition) is 3. The highest BCUT2D eigenvalue weighted by atomic mass is 16.5. The average Bonchev–Trinajstić information content (AvgIpc) is 2.92. The van der Waals surface area contributed by atoms with Crippen LogP contribution in [0.1, 0.15) is 63.6 Å². The molecular formula is C33H52N2O5. The van der Waals surface area contributed by atoms with Gasteiger partial charge in [0.15, 0.2) is 11.5 Å². The second kappa shape index (κ2) is 17.3. The molecule has 0 saturated heterocycles. The van der Waals surface area contributed by atoms with Crippen molar-refractivity contribution < 1.29 is 24.1 Å². The van der Waals surface area contributed by atoms with Gasteiger partial charge < -0.3 is 30.4 Å². The van der Waals surface area contributed by atoms with Crippen LogP contribution in [-0.4, -0.2) is 50.6 Å². The highest BCUT2D eigenvalue weighted by molar-refractivity contribution is 5.78. The summed E-state index contributed by atoms with van der Waals surface area (Å²) in [6.45, 7) is 12.1. The van der Waals surface area contributed by atoms with Crippen LogP contribution in [0.2, 0.25) is 0 Å². The zero-order valence-corrected chi connectivity index (χ0v) is 25.6. The molecule has 7 heteroatoms. The highest BCUT2D eigenvalue weighted by Crippen LogP contribution is 2.31. The first-order chi connectivity index (χ1) is 19.0. The maximum absolute atomic E-state index is 13.1. The summed E-state index contributed by atoms with van der Waals surface area (Å²) in [5, 5.41) is 14.2. The van der Waals surface area contributed by atoms with Gasteiger partial charge in [0.1, 0.15) is 0 Å². The van der Waals surface area contributed by atoms with Crippen LogP contribution in [0.5, 0.6) is 11.5 Å². The summed E-state index contributed by atoms with van der Waals surface area (Å²) in [7, 11) is 3.32. The predicted molar refractivity (Wildman–Crippen MR) is 162 cm³/mol. The van der Waals surface area contributed by atoms with E-state index in [0.717, 1.165) is 35.3 Å². The molecule has 40 heavy (non-hydrogen) atoms. The highest BCUT2D eigenvalue weighted by Gasteiger charge is 2.29. The van der Waals surface area contributed by atoms with Gasteiger partial charge in [0, 0.05) is 38.6 Å². The molecule has 2 aromatic carbocycles. The molecular weight excluding hydrogens is 504 g/mol. The lowest BCUT2D eigenvalue weighted by Gasteiger charge is -2.30. The number of carbonyl (C=O) groups is 1. The quantitative estimate of drug-likeness (QED) is 0.216. The predicted octanol–water partition coefficient (Wildman–Crippen LogP) is 5.29. The zero-order valence-electron chi connectivity index (χ0n) is 25.6. The summed E-state index contributed by atoms with van der Waals surface area (Å²) in [4.78, 5) is 13.1. The van der Waals surface area contributed by atoms with E-state index in [1.54, 1.807) is 14.2 Å². The Morgan fingerprint density at radius 2 is 1.70 bits per heavy atom. The van der Waals surface area contributed by atoms with Crippen LogP contribution in [-0.2, 0) is 22.5 Å². The Morgan fingerprint density at radius 3 is 2.33 bits per heavy atom. The second-order valence-electron chi connectivity index (χ2n) is 11.6. The Balaban J connectivity index is 2.01. The molecule has 0 bridgehead atoms. The number of rotatable bonds is 18. The Hall–Kier alpha value is -2.61. The van der Waals surface area contributed by atoms with Crippen LogP contribution in [0.25, 0.3) is 0 Å². The first kappa shape index (κ1) is 33.6. The summed E-state index contributed by atoms with van der Waals surface area (Å²) >= 11 is 0. The van der Waals surface area contributed by atoms with E-state index < -0.39 is 12.1 Å². The smallest absolute Gasteiger partial charge is 0.223 e. The van der Waals surface area contributed by atoms with Crippen molar-refractivity contribution in [1.82, 2.24) is 5.32 Å². The normalized spacial score (nSPS) is 14.6. The van der Waals surface area contributed by atoms with Crippen molar-refractivity contribution in [2.45, 2.75) is 79.0 Å². The van der Waals surface area contributed by atoms with E-state index in [4.69, 9.17) is 19.9 Å². The third-order valence-corrected chi connectivity index (χ3v) is 7.67. The van der Waals surface area contributed by atoms with Crippen LogP contribution in [0.15, 0.2) is 42.5 Å². The number of hydrogen-bond acceptors (Lipinski definition) is 6. The van der Waals surface area contributed by atoms with Crippen LogP contribution in [0, 0.1) is 30.6 Å². The minimum Gasteiger partial charge on any atom is -0.493 e. The Kier molecular flexibility index (Phi) is 14.5.